The maximum atomic E-state index is 12.3. The lowest BCUT2D eigenvalue weighted by Gasteiger charge is -2.25. The van der Waals surface area contributed by atoms with E-state index in [0.29, 0.717) is 13.1 Å². The minimum absolute atomic E-state index is 0.123. The highest BCUT2D eigenvalue weighted by Gasteiger charge is 2.28. The molecule has 1 saturated heterocycles. The number of hydrogen-bond donors (Lipinski definition) is 1. The fraction of sp³-hybridized carbons (Fsp3) is 0.429. The van der Waals surface area contributed by atoms with Crippen molar-refractivity contribution in [1.82, 2.24) is 10.2 Å². The second kappa shape index (κ2) is 5.75. The lowest BCUT2D eigenvalue weighted by Crippen LogP contribution is -2.42. The van der Waals surface area contributed by atoms with Gasteiger partial charge in [-0.05, 0) is 24.3 Å². The minimum atomic E-state index is -0.271. The summed E-state index contributed by atoms with van der Waals surface area (Å²) in [4.78, 5) is 28.4. The second-order valence-corrected chi connectivity index (χ2v) is 6.01. The molecule has 20 heavy (non-hydrogen) atoms. The van der Waals surface area contributed by atoms with Crippen molar-refractivity contribution in [2.75, 3.05) is 36.8 Å². The predicted molar refractivity (Wildman–Crippen MR) is 79.1 cm³/mol. The lowest BCUT2D eigenvalue weighted by atomic mass is 10.2. The first-order chi connectivity index (χ1) is 9.75. The molecule has 106 valence electrons. The summed E-state index contributed by atoms with van der Waals surface area (Å²) in [5.74, 6) is 0.938. The Hall–Kier alpha value is -1.69. The van der Waals surface area contributed by atoms with Crippen molar-refractivity contribution in [2.45, 2.75) is 11.3 Å². The molecule has 5 nitrogen and oxygen atoms in total. The van der Waals surface area contributed by atoms with E-state index >= 15 is 0 Å². The number of benzene rings is 1. The monoisotopic (exact) mass is 291 g/mol. The number of anilines is 1. The number of carbonyl (C=O) groups is 2. The van der Waals surface area contributed by atoms with Gasteiger partial charge in [-0.2, -0.15) is 0 Å². The molecule has 0 radical (unpaired) electrons. The Kier molecular flexibility index (Phi) is 3.82. The summed E-state index contributed by atoms with van der Waals surface area (Å²) in [7, 11) is 0. The number of para-hydroxylation sites is 1. The molecule has 0 saturated carbocycles. The third kappa shape index (κ3) is 2.60. The molecule has 2 aliphatic rings. The summed E-state index contributed by atoms with van der Waals surface area (Å²) in [6.45, 7) is 2.15. The third-order valence-electron chi connectivity index (χ3n) is 3.52. The van der Waals surface area contributed by atoms with Gasteiger partial charge in [0.05, 0.1) is 12.2 Å². The van der Waals surface area contributed by atoms with Gasteiger partial charge in [-0.15, -0.1) is 11.8 Å². The van der Waals surface area contributed by atoms with E-state index < -0.39 is 0 Å². The van der Waals surface area contributed by atoms with Gasteiger partial charge in [0.2, 0.25) is 5.91 Å². The maximum Gasteiger partial charge on any atom is 0.324 e. The molecular formula is C14H17N3O2S. The first kappa shape index (κ1) is 13.3. The summed E-state index contributed by atoms with van der Waals surface area (Å²) in [5, 5.41) is 2.66. The van der Waals surface area contributed by atoms with Crippen LogP contribution >= 0.6 is 11.8 Å². The highest BCUT2D eigenvalue weighted by atomic mass is 32.2. The van der Waals surface area contributed by atoms with Crippen LogP contribution < -0.4 is 10.2 Å². The van der Waals surface area contributed by atoms with Gasteiger partial charge in [0.25, 0.3) is 0 Å². The summed E-state index contributed by atoms with van der Waals surface area (Å²) < 4.78 is 0. The zero-order chi connectivity index (χ0) is 13.9. The Labute approximate surface area is 122 Å². The number of fused-ring (bicyclic) bond motifs is 1. The maximum absolute atomic E-state index is 12.3. The summed E-state index contributed by atoms with van der Waals surface area (Å²) in [6, 6.07) is 7.87. The zero-order valence-corrected chi connectivity index (χ0v) is 12.0. The molecule has 1 N–H and O–H groups in total. The molecular weight excluding hydrogens is 274 g/mol. The highest BCUT2D eigenvalue weighted by Crippen LogP contribution is 2.33. The average Bonchev–Trinajstić information content (AvgIpc) is 2.78. The largest absolute Gasteiger partial charge is 0.361 e. The number of thioether (sulfide) groups is 1. The normalized spacial score (nSPS) is 18.5. The fourth-order valence-corrected chi connectivity index (χ4v) is 3.53. The summed E-state index contributed by atoms with van der Waals surface area (Å²) >= 11 is 1.83. The SMILES string of the molecule is O=C(CN1CCCSc2ccccc21)N1CCNC1=O. The summed E-state index contributed by atoms with van der Waals surface area (Å²) in [6.07, 6.45) is 1.04. The van der Waals surface area contributed by atoms with Gasteiger partial charge in [-0.1, -0.05) is 12.1 Å². The van der Waals surface area contributed by atoms with Crippen LogP contribution in [-0.4, -0.2) is 48.8 Å². The fourth-order valence-electron chi connectivity index (χ4n) is 2.52. The summed E-state index contributed by atoms with van der Waals surface area (Å²) in [5.41, 5.74) is 1.10. The molecule has 1 aromatic carbocycles. The van der Waals surface area contributed by atoms with E-state index in [4.69, 9.17) is 0 Å². The smallest absolute Gasteiger partial charge is 0.324 e. The van der Waals surface area contributed by atoms with Crippen LogP contribution in [0.15, 0.2) is 29.2 Å². The first-order valence-electron chi connectivity index (χ1n) is 6.81. The topological polar surface area (TPSA) is 52.7 Å². The Morgan fingerprint density at radius 1 is 1.30 bits per heavy atom. The van der Waals surface area contributed by atoms with Crippen LogP contribution in [0.3, 0.4) is 0 Å². The van der Waals surface area contributed by atoms with Crippen LogP contribution in [-0.2, 0) is 4.79 Å². The Bertz CT molecular complexity index is 535. The van der Waals surface area contributed by atoms with Gasteiger partial charge in [-0.3, -0.25) is 9.69 Å². The number of hydrogen-bond acceptors (Lipinski definition) is 4. The van der Waals surface area contributed by atoms with Crippen LogP contribution in [0, 0.1) is 0 Å². The predicted octanol–water partition coefficient (Wildman–Crippen LogP) is 1.54. The number of imide groups is 1. The first-order valence-corrected chi connectivity index (χ1v) is 7.79. The van der Waals surface area contributed by atoms with Crippen molar-refractivity contribution in [3.05, 3.63) is 24.3 Å². The Balaban J connectivity index is 1.76. The van der Waals surface area contributed by atoms with Gasteiger partial charge in [0, 0.05) is 24.5 Å². The molecule has 0 aromatic heterocycles. The van der Waals surface area contributed by atoms with Crippen LogP contribution in [0.2, 0.25) is 0 Å². The molecule has 1 fully saturated rings. The van der Waals surface area contributed by atoms with Crippen molar-refractivity contribution < 1.29 is 9.59 Å². The van der Waals surface area contributed by atoms with E-state index in [-0.39, 0.29) is 18.5 Å². The van der Waals surface area contributed by atoms with Gasteiger partial charge in [0.15, 0.2) is 0 Å². The van der Waals surface area contributed by atoms with E-state index in [9.17, 15) is 9.59 Å². The van der Waals surface area contributed by atoms with Crippen LogP contribution in [0.1, 0.15) is 6.42 Å². The van der Waals surface area contributed by atoms with Gasteiger partial charge in [0.1, 0.15) is 0 Å². The van der Waals surface area contributed by atoms with Gasteiger partial charge >= 0.3 is 6.03 Å². The number of nitrogens with zero attached hydrogens (tertiary/aromatic N) is 2. The highest BCUT2D eigenvalue weighted by molar-refractivity contribution is 7.99. The van der Waals surface area contributed by atoms with Crippen molar-refractivity contribution in [1.29, 1.82) is 0 Å². The molecule has 1 aromatic rings. The zero-order valence-electron chi connectivity index (χ0n) is 11.2. The number of carbonyl (C=O) groups excluding carboxylic acids is 2. The van der Waals surface area contributed by atoms with E-state index in [1.807, 2.05) is 30.0 Å². The molecule has 6 heteroatoms. The molecule has 0 spiro atoms. The standard InChI is InChI=1S/C14H17N3O2S/c18-13(17-8-6-15-14(17)19)10-16-7-3-9-20-12-5-2-1-4-11(12)16/h1-2,4-5H,3,6-10H2,(H,15,19). The molecule has 2 aliphatic heterocycles. The second-order valence-electron chi connectivity index (χ2n) is 4.87. The van der Waals surface area contributed by atoms with E-state index in [0.717, 1.165) is 24.4 Å². The van der Waals surface area contributed by atoms with E-state index in [1.165, 1.54) is 9.80 Å². The molecule has 2 heterocycles. The van der Waals surface area contributed by atoms with Gasteiger partial charge < -0.3 is 10.2 Å². The number of rotatable bonds is 2. The molecule has 3 rings (SSSR count). The van der Waals surface area contributed by atoms with E-state index in [1.54, 1.807) is 0 Å². The third-order valence-corrected chi connectivity index (χ3v) is 4.67. The number of amides is 3. The molecule has 0 bridgehead atoms. The van der Waals surface area contributed by atoms with Crippen molar-refractivity contribution in [3.63, 3.8) is 0 Å². The molecule has 0 aliphatic carbocycles. The van der Waals surface area contributed by atoms with Gasteiger partial charge in [-0.25, -0.2) is 4.79 Å². The van der Waals surface area contributed by atoms with Crippen LogP contribution in [0.4, 0.5) is 10.5 Å². The van der Waals surface area contributed by atoms with Crippen molar-refractivity contribution >= 4 is 29.4 Å². The number of urea groups is 1. The lowest BCUT2D eigenvalue weighted by molar-refractivity contribution is -0.126. The molecule has 0 unspecified atom stereocenters. The Morgan fingerprint density at radius 2 is 2.15 bits per heavy atom. The average molecular weight is 291 g/mol. The van der Waals surface area contributed by atoms with Crippen molar-refractivity contribution in [2.24, 2.45) is 0 Å². The minimum Gasteiger partial charge on any atom is -0.361 e. The molecule has 0 atom stereocenters. The number of nitrogens with one attached hydrogen (secondary N) is 1. The molecule has 3 amide bonds. The van der Waals surface area contributed by atoms with Crippen molar-refractivity contribution in [3.8, 4) is 0 Å². The Morgan fingerprint density at radius 3 is 2.95 bits per heavy atom. The van der Waals surface area contributed by atoms with Crippen LogP contribution in [0.25, 0.3) is 0 Å². The van der Waals surface area contributed by atoms with E-state index in [2.05, 4.69) is 16.3 Å². The quantitative estimate of drug-likeness (QED) is 0.898. The van der Waals surface area contributed by atoms with Crippen LogP contribution in [0.5, 0.6) is 0 Å².